The van der Waals surface area contributed by atoms with Crippen LogP contribution in [0.1, 0.15) is 6.92 Å². The van der Waals surface area contributed by atoms with E-state index >= 15 is 0 Å². The standard InChI is InChI=1S/C5H8N2O3S/c1-2-7-3-5(6-4-7)10-11(8)9/h3-4,11H,2H2,1H3. The van der Waals surface area contributed by atoms with E-state index in [0.717, 1.165) is 6.54 Å². The number of thiol groups is 1. The number of hydrogen-bond acceptors (Lipinski definition) is 4. The highest BCUT2D eigenvalue weighted by Gasteiger charge is 1.97. The zero-order valence-electron chi connectivity index (χ0n) is 5.93. The first-order chi connectivity index (χ1) is 5.22. The maximum absolute atomic E-state index is 10.0. The monoisotopic (exact) mass is 176 g/mol. The van der Waals surface area contributed by atoms with Crippen LogP contribution in [0.5, 0.6) is 5.88 Å². The Morgan fingerprint density at radius 3 is 2.91 bits per heavy atom. The molecule has 0 amide bonds. The molecular formula is C5H8N2O3S. The zero-order chi connectivity index (χ0) is 8.27. The van der Waals surface area contributed by atoms with Gasteiger partial charge in [0, 0.05) is 6.54 Å². The highest BCUT2D eigenvalue weighted by molar-refractivity contribution is 7.67. The lowest BCUT2D eigenvalue weighted by molar-refractivity contribution is 0.501. The van der Waals surface area contributed by atoms with E-state index in [2.05, 4.69) is 9.17 Å². The Morgan fingerprint density at radius 1 is 1.73 bits per heavy atom. The van der Waals surface area contributed by atoms with E-state index in [-0.39, 0.29) is 5.88 Å². The average Bonchev–Trinajstić information content (AvgIpc) is 2.34. The molecule has 0 atom stereocenters. The first-order valence-corrected chi connectivity index (χ1v) is 4.16. The molecule has 0 saturated heterocycles. The summed E-state index contributed by atoms with van der Waals surface area (Å²) in [7, 11) is -2.84. The molecule has 0 N–H and O–H groups in total. The van der Waals surface area contributed by atoms with Crippen molar-refractivity contribution < 1.29 is 12.6 Å². The average molecular weight is 176 g/mol. The summed E-state index contributed by atoms with van der Waals surface area (Å²) in [5.41, 5.74) is 0. The van der Waals surface area contributed by atoms with Crippen molar-refractivity contribution in [3.05, 3.63) is 12.5 Å². The third-order valence-electron chi connectivity index (χ3n) is 1.14. The van der Waals surface area contributed by atoms with Gasteiger partial charge in [0.15, 0.2) is 0 Å². The molecule has 0 saturated carbocycles. The number of aryl methyl sites for hydroxylation is 1. The van der Waals surface area contributed by atoms with Crippen LogP contribution in [0.2, 0.25) is 0 Å². The van der Waals surface area contributed by atoms with Gasteiger partial charge in [-0.1, -0.05) is 0 Å². The summed E-state index contributed by atoms with van der Waals surface area (Å²) in [6.07, 6.45) is 3.03. The van der Waals surface area contributed by atoms with Gasteiger partial charge in [-0.05, 0) is 6.92 Å². The van der Waals surface area contributed by atoms with Gasteiger partial charge in [0.05, 0.1) is 12.5 Å². The van der Waals surface area contributed by atoms with Crippen molar-refractivity contribution in [2.75, 3.05) is 0 Å². The maximum Gasteiger partial charge on any atom is 0.300 e. The van der Waals surface area contributed by atoms with Gasteiger partial charge in [0.25, 0.3) is 5.88 Å². The molecule has 0 aromatic carbocycles. The van der Waals surface area contributed by atoms with Crippen LogP contribution in [0.3, 0.4) is 0 Å². The fourth-order valence-electron chi connectivity index (χ4n) is 0.636. The van der Waals surface area contributed by atoms with Crippen LogP contribution in [0, 0.1) is 0 Å². The summed E-state index contributed by atoms with van der Waals surface area (Å²) >= 11 is 0. The summed E-state index contributed by atoms with van der Waals surface area (Å²) in [4.78, 5) is 3.68. The van der Waals surface area contributed by atoms with Crippen molar-refractivity contribution in [3.8, 4) is 5.88 Å². The van der Waals surface area contributed by atoms with Crippen molar-refractivity contribution in [3.63, 3.8) is 0 Å². The fourth-order valence-corrected chi connectivity index (χ4v) is 0.883. The molecule has 0 fully saturated rings. The lowest BCUT2D eigenvalue weighted by Gasteiger charge is -1.90. The van der Waals surface area contributed by atoms with Crippen LogP contribution in [-0.2, 0) is 17.5 Å². The quantitative estimate of drug-likeness (QED) is 0.648. The van der Waals surface area contributed by atoms with Gasteiger partial charge < -0.3 is 8.75 Å². The highest BCUT2D eigenvalue weighted by Crippen LogP contribution is 2.04. The van der Waals surface area contributed by atoms with Crippen LogP contribution < -0.4 is 4.18 Å². The Bertz CT molecular complexity index is 296. The van der Waals surface area contributed by atoms with E-state index < -0.39 is 11.0 Å². The number of imidazole rings is 1. The van der Waals surface area contributed by atoms with E-state index in [1.807, 2.05) is 6.92 Å². The van der Waals surface area contributed by atoms with E-state index in [4.69, 9.17) is 0 Å². The molecule has 0 bridgehead atoms. The van der Waals surface area contributed by atoms with Gasteiger partial charge in [-0.15, -0.1) is 0 Å². The minimum atomic E-state index is -2.84. The molecule has 0 aliphatic heterocycles. The molecule has 1 heterocycles. The lowest BCUT2D eigenvalue weighted by Crippen LogP contribution is -1.90. The second kappa shape index (κ2) is 3.38. The van der Waals surface area contributed by atoms with Crippen molar-refractivity contribution in [2.45, 2.75) is 13.5 Å². The number of rotatable bonds is 3. The van der Waals surface area contributed by atoms with Gasteiger partial charge >= 0.3 is 11.0 Å². The summed E-state index contributed by atoms with van der Waals surface area (Å²) in [5, 5.41) is 0. The summed E-state index contributed by atoms with van der Waals surface area (Å²) in [6.45, 7) is 2.66. The molecule has 0 aliphatic rings. The van der Waals surface area contributed by atoms with Crippen molar-refractivity contribution in [1.29, 1.82) is 0 Å². The molecule has 5 nitrogen and oxygen atoms in total. The van der Waals surface area contributed by atoms with Crippen LogP contribution in [0.25, 0.3) is 0 Å². The van der Waals surface area contributed by atoms with Crippen LogP contribution >= 0.6 is 0 Å². The van der Waals surface area contributed by atoms with Gasteiger partial charge in [-0.3, -0.25) is 0 Å². The minimum absolute atomic E-state index is 0.114. The van der Waals surface area contributed by atoms with Crippen molar-refractivity contribution in [1.82, 2.24) is 9.55 Å². The van der Waals surface area contributed by atoms with Crippen molar-refractivity contribution in [2.24, 2.45) is 0 Å². The Hall–Kier alpha value is -1.04. The summed E-state index contributed by atoms with van der Waals surface area (Å²) in [5.74, 6) is 0.114. The first kappa shape index (κ1) is 8.06. The Labute approximate surface area is 65.8 Å². The molecule has 11 heavy (non-hydrogen) atoms. The highest BCUT2D eigenvalue weighted by atomic mass is 32.2. The summed E-state index contributed by atoms with van der Waals surface area (Å²) in [6, 6.07) is 0. The van der Waals surface area contributed by atoms with Gasteiger partial charge in [-0.25, -0.2) is 4.98 Å². The SMILES string of the molecule is CCn1cnc(O[SH](=O)=O)c1. The predicted molar refractivity (Wildman–Crippen MR) is 38.8 cm³/mol. The normalized spacial score (nSPS) is 10.4. The first-order valence-electron chi connectivity index (χ1n) is 3.06. The molecule has 1 aromatic heterocycles. The molecule has 0 unspecified atom stereocenters. The number of aromatic nitrogens is 2. The second-order valence-electron chi connectivity index (χ2n) is 1.86. The van der Waals surface area contributed by atoms with E-state index in [9.17, 15) is 8.42 Å². The molecular weight excluding hydrogens is 168 g/mol. The minimum Gasteiger partial charge on any atom is -0.362 e. The molecule has 1 aromatic rings. The van der Waals surface area contributed by atoms with Gasteiger partial charge in [0.2, 0.25) is 0 Å². The summed E-state index contributed by atoms with van der Waals surface area (Å²) < 4.78 is 26.1. The Kier molecular flexibility index (Phi) is 2.48. The molecule has 0 radical (unpaired) electrons. The smallest absolute Gasteiger partial charge is 0.300 e. The lowest BCUT2D eigenvalue weighted by atomic mass is 10.7. The Balaban J connectivity index is 2.72. The fraction of sp³-hybridized carbons (Fsp3) is 0.400. The number of hydrogen-bond donors (Lipinski definition) is 1. The third kappa shape index (κ3) is 2.23. The third-order valence-corrected chi connectivity index (χ3v) is 1.48. The van der Waals surface area contributed by atoms with E-state index in [1.165, 1.54) is 12.5 Å². The van der Waals surface area contributed by atoms with Gasteiger partial charge in [0.1, 0.15) is 0 Å². The molecule has 0 spiro atoms. The van der Waals surface area contributed by atoms with E-state index in [1.54, 1.807) is 4.57 Å². The topological polar surface area (TPSA) is 61.2 Å². The molecule has 1 rings (SSSR count). The van der Waals surface area contributed by atoms with E-state index in [0.29, 0.717) is 0 Å². The van der Waals surface area contributed by atoms with Crippen LogP contribution in [0.15, 0.2) is 12.5 Å². The molecule has 0 aliphatic carbocycles. The van der Waals surface area contributed by atoms with Crippen LogP contribution in [0.4, 0.5) is 0 Å². The van der Waals surface area contributed by atoms with Crippen LogP contribution in [-0.4, -0.2) is 18.0 Å². The number of nitrogens with zero attached hydrogens (tertiary/aromatic N) is 2. The largest absolute Gasteiger partial charge is 0.362 e. The maximum atomic E-state index is 10.0. The molecule has 62 valence electrons. The van der Waals surface area contributed by atoms with Gasteiger partial charge in [-0.2, -0.15) is 8.42 Å². The Morgan fingerprint density at radius 2 is 2.45 bits per heavy atom. The van der Waals surface area contributed by atoms with Crippen molar-refractivity contribution >= 4 is 11.0 Å². The zero-order valence-corrected chi connectivity index (χ0v) is 6.82. The predicted octanol–water partition coefficient (Wildman–Crippen LogP) is -0.192. The molecule has 6 heteroatoms. The second-order valence-corrected chi connectivity index (χ2v) is 2.49.